The second-order valence-corrected chi connectivity index (χ2v) is 4.89. The Morgan fingerprint density at radius 1 is 1.25 bits per heavy atom. The fourth-order valence-electron chi connectivity index (χ4n) is 1.63. The van der Waals surface area contributed by atoms with E-state index < -0.39 is 16.4 Å². The van der Waals surface area contributed by atoms with E-state index in [1.54, 1.807) is 11.8 Å². The molecule has 2 rings (SSSR count). The molecule has 0 aromatic heterocycles. The first-order valence-corrected chi connectivity index (χ1v) is 7.02. The quantitative estimate of drug-likeness (QED) is 0.474. The van der Waals surface area contributed by atoms with Gasteiger partial charge in [0.1, 0.15) is 12.4 Å². The number of nitro benzene ring substituents is 1. The SMILES string of the molecule is CSc1ccc(OCc2ccc([N+](=O)[O-])c(F)c2)cc1. The molecule has 0 radical (unpaired) electrons. The van der Waals surface area contributed by atoms with Crippen LogP contribution in [0.2, 0.25) is 0 Å². The van der Waals surface area contributed by atoms with Crippen LogP contribution in [-0.2, 0) is 6.61 Å². The lowest BCUT2D eigenvalue weighted by Gasteiger charge is -2.07. The number of nitrogens with zero attached hydrogens (tertiary/aromatic N) is 1. The zero-order valence-corrected chi connectivity index (χ0v) is 11.5. The molecule has 0 atom stereocenters. The normalized spacial score (nSPS) is 10.3. The van der Waals surface area contributed by atoms with Crippen LogP contribution in [0, 0.1) is 15.9 Å². The summed E-state index contributed by atoms with van der Waals surface area (Å²) in [5.41, 5.74) is 0.0140. The van der Waals surface area contributed by atoms with Gasteiger partial charge < -0.3 is 4.74 Å². The van der Waals surface area contributed by atoms with E-state index in [0.29, 0.717) is 11.3 Å². The van der Waals surface area contributed by atoms with Crippen LogP contribution in [0.4, 0.5) is 10.1 Å². The van der Waals surface area contributed by atoms with Gasteiger partial charge in [-0.25, -0.2) is 0 Å². The third kappa shape index (κ3) is 3.48. The summed E-state index contributed by atoms with van der Waals surface area (Å²) >= 11 is 1.63. The maximum Gasteiger partial charge on any atom is 0.304 e. The summed E-state index contributed by atoms with van der Waals surface area (Å²) in [5.74, 6) is -0.185. The first-order chi connectivity index (χ1) is 9.60. The Balaban J connectivity index is 2.03. The number of hydrogen-bond acceptors (Lipinski definition) is 4. The molecule has 20 heavy (non-hydrogen) atoms. The minimum Gasteiger partial charge on any atom is -0.489 e. The van der Waals surface area contributed by atoms with Crippen molar-refractivity contribution in [1.29, 1.82) is 0 Å². The second kappa shape index (κ2) is 6.38. The summed E-state index contributed by atoms with van der Waals surface area (Å²) in [5, 5.41) is 10.5. The van der Waals surface area contributed by atoms with Crippen LogP contribution in [0.3, 0.4) is 0 Å². The lowest BCUT2D eigenvalue weighted by atomic mass is 10.2. The molecule has 6 heteroatoms. The number of hydrogen-bond donors (Lipinski definition) is 0. The van der Waals surface area contributed by atoms with Crippen LogP contribution >= 0.6 is 11.8 Å². The predicted octanol–water partition coefficient (Wildman–Crippen LogP) is 4.03. The molecule has 0 heterocycles. The lowest BCUT2D eigenvalue weighted by molar-refractivity contribution is -0.387. The van der Waals surface area contributed by atoms with E-state index >= 15 is 0 Å². The van der Waals surface area contributed by atoms with Gasteiger partial charge in [0.05, 0.1) is 4.92 Å². The molecule has 0 aliphatic heterocycles. The Labute approximate surface area is 119 Å². The van der Waals surface area contributed by atoms with Crippen molar-refractivity contribution < 1.29 is 14.1 Å². The number of rotatable bonds is 5. The molecule has 0 amide bonds. The molecule has 0 fully saturated rings. The van der Waals surface area contributed by atoms with Gasteiger partial charge in [0.15, 0.2) is 0 Å². The van der Waals surface area contributed by atoms with Crippen molar-refractivity contribution in [3.63, 3.8) is 0 Å². The van der Waals surface area contributed by atoms with Crippen molar-refractivity contribution >= 4 is 17.4 Å². The van der Waals surface area contributed by atoms with Gasteiger partial charge in [-0.3, -0.25) is 10.1 Å². The van der Waals surface area contributed by atoms with Crippen LogP contribution in [0.25, 0.3) is 0 Å². The van der Waals surface area contributed by atoms with E-state index in [4.69, 9.17) is 4.74 Å². The first kappa shape index (κ1) is 14.3. The molecule has 2 aromatic carbocycles. The molecule has 2 aromatic rings. The number of nitro groups is 1. The molecule has 0 bridgehead atoms. The topological polar surface area (TPSA) is 52.4 Å². The van der Waals surface area contributed by atoms with Crippen LogP contribution in [0.5, 0.6) is 5.75 Å². The Kier molecular flexibility index (Phi) is 4.57. The molecule has 0 unspecified atom stereocenters. The molecule has 104 valence electrons. The summed E-state index contributed by atoms with van der Waals surface area (Å²) in [4.78, 5) is 10.9. The van der Waals surface area contributed by atoms with Crippen molar-refractivity contribution in [1.82, 2.24) is 0 Å². The van der Waals surface area contributed by atoms with Gasteiger partial charge in [-0.15, -0.1) is 11.8 Å². The third-order valence-electron chi connectivity index (χ3n) is 2.67. The highest BCUT2D eigenvalue weighted by atomic mass is 32.2. The summed E-state index contributed by atoms with van der Waals surface area (Å²) in [6, 6.07) is 11.3. The highest BCUT2D eigenvalue weighted by Crippen LogP contribution is 2.21. The molecule has 0 saturated carbocycles. The fraction of sp³-hybridized carbons (Fsp3) is 0.143. The molecule has 0 aliphatic carbocycles. The van der Waals surface area contributed by atoms with Crippen LogP contribution in [0.1, 0.15) is 5.56 Å². The Hall–Kier alpha value is -2.08. The summed E-state index contributed by atoms with van der Waals surface area (Å²) in [6.45, 7) is 0.160. The van der Waals surface area contributed by atoms with Gasteiger partial charge in [0.2, 0.25) is 5.82 Å². The molecule has 0 saturated heterocycles. The monoisotopic (exact) mass is 293 g/mol. The van der Waals surface area contributed by atoms with Crippen LogP contribution in [0.15, 0.2) is 47.4 Å². The molecule has 0 spiro atoms. The Bertz CT molecular complexity index is 616. The minimum atomic E-state index is -0.853. The van der Waals surface area contributed by atoms with Crippen molar-refractivity contribution in [2.24, 2.45) is 0 Å². The zero-order valence-electron chi connectivity index (χ0n) is 10.7. The third-order valence-corrected chi connectivity index (χ3v) is 3.42. The predicted molar refractivity (Wildman–Crippen MR) is 75.6 cm³/mol. The standard InChI is InChI=1S/C14H12FNO3S/c1-20-12-5-3-11(4-6-12)19-9-10-2-7-14(16(17)18)13(15)8-10/h2-8H,9H2,1H3. The van der Waals surface area contributed by atoms with E-state index in [9.17, 15) is 14.5 Å². The lowest BCUT2D eigenvalue weighted by Crippen LogP contribution is -1.98. The van der Waals surface area contributed by atoms with Crippen LogP contribution < -0.4 is 4.74 Å². The van der Waals surface area contributed by atoms with Gasteiger partial charge in [0, 0.05) is 11.0 Å². The average molecular weight is 293 g/mol. The van der Waals surface area contributed by atoms with Gasteiger partial charge in [-0.2, -0.15) is 4.39 Å². The van der Waals surface area contributed by atoms with E-state index in [2.05, 4.69) is 0 Å². The average Bonchev–Trinajstić information content (AvgIpc) is 2.45. The van der Waals surface area contributed by atoms with E-state index in [1.165, 1.54) is 6.07 Å². The zero-order chi connectivity index (χ0) is 14.5. The van der Waals surface area contributed by atoms with Crippen LogP contribution in [-0.4, -0.2) is 11.2 Å². The van der Waals surface area contributed by atoms with Crippen molar-refractivity contribution in [2.45, 2.75) is 11.5 Å². The molecular weight excluding hydrogens is 281 g/mol. The van der Waals surface area contributed by atoms with E-state index in [0.717, 1.165) is 17.0 Å². The van der Waals surface area contributed by atoms with Gasteiger partial charge >= 0.3 is 5.69 Å². The Morgan fingerprint density at radius 3 is 2.50 bits per heavy atom. The van der Waals surface area contributed by atoms with Crippen molar-refractivity contribution in [3.05, 3.63) is 64.0 Å². The molecule has 4 nitrogen and oxygen atoms in total. The highest BCUT2D eigenvalue weighted by Gasteiger charge is 2.13. The summed E-state index contributed by atoms with van der Waals surface area (Å²) in [6.07, 6.45) is 1.98. The highest BCUT2D eigenvalue weighted by molar-refractivity contribution is 7.98. The number of halogens is 1. The number of benzene rings is 2. The maximum atomic E-state index is 13.4. The smallest absolute Gasteiger partial charge is 0.304 e. The van der Waals surface area contributed by atoms with Gasteiger partial charge in [0.25, 0.3) is 0 Å². The van der Waals surface area contributed by atoms with Crippen molar-refractivity contribution in [3.8, 4) is 5.75 Å². The van der Waals surface area contributed by atoms with E-state index in [-0.39, 0.29) is 6.61 Å². The first-order valence-electron chi connectivity index (χ1n) is 5.80. The summed E-state index contributed by atoms with van der Waals surface area (Å²) in [7, 11) is 0. The fourth-order valence-corrected chi connectivity index (χ4v) is 2.04. The Morgan fingerprint density at radius 2 is 1.95 bits per heavy atom. The number of ether oxygens (including phenoxy) is 1. The molecule has 0 aliphatic rings. The van der Waals surface area contributed by atoms with E-state index in [1.807, 2.05) is 30.5 Å². The summed E-state index contributed by atoms with van der Waals surface area (Å²) < 4.78 is 18.9. The van der Waals surface area contributed by atoms with Crippen molar-refractivity contribution in [2.75, 3.05) is 6.26 Å². The minimum absolute atomic E-state index is 0.160. The molecule has 0 N–H and O–H groups in total. The molecular formula is C14H12FNO3S. The maximum absolute atomic E-state index is 13.4. The number of thioether (sulfide) groups is 1. The van der Waals surface area contributed by atoms with Gasteiger partial charge in [-0.1, -0.05) is 0 Å². The second-order valence-electron chi connectivity index (χ2n) is 4.01. The van der Waals surface area contributed by atoms with Gasteiger partial charge in [-0.05, 0) is 48.2 Å². The largest absolute Gasteiger partial charge is 0.489 e.